The van der Waals surface area contributed by atoms with Gasteiger partial charge in [-0.1, -0.05) is 18.2 Å². The first kappa shape index (κ1) is 12.1. The van der Waals surface area contributed by atoms with Crippen LogP contribution < -0.4 is 4.74 Å². The van der Waals surface area contributed by atoms with E-state index >= 15 is 0 Å². The summed E-state index contributed by atoms with van der Waals surface area (Å²) in [6.07, 6.45) is -0.667. The molecule has 0 bridgehead atoms. The molecule has 2 nitrogen and oxygen atoms in total. The molecule has 5 heteroatoms. The van der Waals surface area contributed by atoms with Gasteiger partial charge in [-0.15, -0.1) is 13.2 Å². The maximum atomic E-state index is 12.4. The van der Waals surface area contributed by atoms with Gasteiger partial charge < -0.3 is 9.72 Å². The molecule has 1 fully saturated rings. The van der Waals surface area contributed by atoms with E-state index in [-0.39, 0.29) is 5.75 Å². The highest BCUT2D eigenvalue weighted by Gasteiger charge is 2.32. The van der Waals surface area contributed by atoms with Crippen molar-refractivity contribution in [2.24, 2.45) is 0 Å². The summed E-state index contributed by atoms with van der Waals surface area (Å²) < 4.78 is 41.1. The fourth-order valence-corrected chi connectivity index (χ4v) is 2.12. The third kappa shape index (κ3) is 2.75. The molecule has 0 unspecified atom stereocenters. The molecule has 1 aliphatic carbocycles. The number of aromatic amines is 1. The molecule has 0 amide bonds. The number of para-hydroxylation sites is 1. The molecule has 0 saturated heterocycles. The van der Waals surface area contributed by atoms with Crippen LogP contribution in [-0.4, -0.2) is 11.3 Å². The number of nitrogens with one attached hydrogen (secondary N) is 1. The van der Waals surface area contributed by atoms with E-state index in [9.17, 15) is 13.2 Å². The van der Waals surface area contributed by atoms with Crippen molar-refractivity contribution in [3.05, 3.63) is 42.2 Å². The van der Waals surface area contributed by atoms with Gasteiger partial charge in [0.1, 0.15) is 5.75 Å². The minimum absolute atomic E-state index is 0.170. The number of hydrogen-bond donors (Lipinski definition) is 1. The molecule has 0 atom stereocenters. The number of aromatic nitrogens is 1. The topological polar surface area (TPSA) is 25.0 Å². The Hall–Kier alpha value is -1.91. The summed E-state index contributed by atoms with van der Waals surface area (Å²) in [5.74, 6) is 0.362. The molecule has 3 rings (SSSR count). The third-order valence-electron chi connectivity index (χ3n) is 3.15. The lowest BCUT2D eigenvalue weighted by molar-refractivity contribution is -0.274. The maximum Gasteiger partial charge on any atom is 0.573 e. The third-order valence-corrected chi connectivity index (χ3v) is 3.15. The molecule has 1 N–H and O–H groups in total. The lowest BCUT2D eigenvalue weighted by Gasteiger charge is -2.12. The summed E-state index contributed by atoms with van der Waals surface area (Å²) in [5, 5.41) is 0. The fraction of sp³-hybridized carbons (Fsp3) is 0.286. The highest BCUT2D eigenvalue weighted by molar-refractivity contribution is 5.70. The van der Waals surface area contributed by atoms with Crippen molar-refractivity contribution < 1.29 is 17.9 Å². The lowest BCUT2D eigenvalue weighted by Crippen LogP contribution is -2.17. The van der Waals surface area contributed by atoms with E-state index in [0.717, 1.165) is 24.1 Å². The summed E-state index contributed by atoms with van der Waals surface area (Å²) in [7, 11) is 0. The van der Waals surface area contributed by atoms with Crippen molar-refractivity contribution in [2.75, 3.05) is 0 Å². The standard InChI is InChI=1S/C14H12F3NO/c15-14(16,17)19-13-4-2-1-3-11(13)10-7-12(18-8-10)9-5-6-9/h1-4,7-9,18H,5-6H2. The summed E-state index contributed by atoms with van der Waals surface area (Å²) in [4.78, 5) is 3.12. The normalized spacial score (nSPS) is 15.5. The Bertz CT molecular complexity index is 584. The molecule has 2 aromatic rings. The fourth-order valence-electron chi connectivity index (χ4n) is 2.12. The number of rotatable bonds is 3. The predicted molar refractivity (Wildman–Crippen MR) is 64.9 cm³/mol. The van der Waals surface area contributed by atoms with E-state index in [4.69, 9.17) is 0 Å². The average Bonchev–Trinajstić information content (AvgIpc) is 3.07. The zero-order valence-corrected chi connectivity index (χ0v) is 10.00. The highest BCUT2D eigenvalue weighted by Crippen LogP contribution is 2.42. The van der Waals surface area contributed by atoms with Gasteiger partial charge in [0, 0.05) is 23.0 Å². The smallest absolute Gasteiger partial charge is 0.405 e. The van der Waals surface area contributed by atoms with Crippen LogP contribution in [0.1, 0.15) is 24.5 Å². The molecule has 1 aromatic carbocycles. The minimum atomic E-state index is -4.67. The van der Waals surface area contributed by atoms with Gasteiger partial charge in [0.05, 0.1) is 0 Å². The van der Waals surface area contributed by atoms with E-state index in [1.165, 1.54) is 12.1 Å². The van der Waals surface area contributed by atoms with Crippen molar-refractivity contribution in [2.45, 2.75) is 25.1 Å². The van der Waals surface area contributed by atoms with E-state index in [2.05, 4.69) is 9.72 Å². The molecule has 0 aliphatic heterocycles. The SMILES string of the molecule is FC(F)(F)Oc1ccccc1-c1c[nH]c(C2CC2)c1. The minimum Gasteiger partial charge on any atom is -0.405 e. The summed E-state index contributed by atoms with van der Waals surface area (Å²) >= 11 is 0. The summed E-state index contributed by atoms with van der Waals surface area (Å²) in [6, 6.07) is 8.07. The second kappa shape index (κ2) is 4.33. The van der Waals surface area contributed by atoms with Crippen molar-refractivity contribution in [3.8, 4) is 16.9 Å². The van der Waals surface area contributed by atoms with Crippen LogP contribution in [0.5, 0.6) is 5.75 Å². The van der Waals surface area contributed by atoms with E-state index in [0.29, 0.717) is 11.5 Å². The van der Waals surface area contributed by atoms with Crippen LogP contribution in [0.2, 0.25) is 0 Å². The van der Waals surface area contributed by atoms with Gasteiger partial charge in [-0.25, -0.2) is 0 Å². The molecule has 0 radical (unpaired) electrons. The Morgan fingerprint density at radius 2 is 1.89 bits per heavy atom. The number of benzene rings is 1. The van der Waals surface area contributed by atoms with Crippen LogP contribution in [0, 0.1) is 0 Å². The molecule has 1 aromatic heterocycles. The largest absolute Gasteiger partial charge is 0.573 e. The Morgan fingerprint density at radius 1 is 1.16 bits per heavy atom. The van der Waals surface area contributed by atoms with Crippen LogP contribution in [0.25, 0.3) is 11.1 Å². The van der Waals surface area contributed by atoms with Crippen LogP contribution >= 0.6 is 0 Å². The van der Waals surface area contributed by atoms with Gasteiger partial charge in [-0.05, 0) is 30.9 Å². The molecule has 19 heavy (non-hydrogen) atoms. The first-order valence-corrected chi connectivity index (χ1v) is 6.06. The number of alkyl halides is 3. The molecular weight excluding hydrogens is 255 g/mol. The number of ether oxygens (including phenoxy) is 1. The van der Waals surface area contributed by atoms with Crippen molar-refractivity contribution in [1.29, 1.82) is 0 Å². The molecular formula is C14H12F3NO. The van der Waals surface area contributed by atoms with Gasteiger partial charge >= 0.3 is 6.36 Å². The second-order valence-electron chi connectivity index (χ2n) is 4.66. The van der Waals surface area contributed by atoms with Gasteiger partial charge in [-0.3, -0.25) is 0 Å². The van der Waals surface area contributed by atoms with Gasteiger partial charge in [0.15, 0.2) is 0 Å². The van der Waals surface area contributed by atoms with Crippen LogP contribution in [-0.2, 0) is 0 Å². The lowest BCUT2D eigenvalue weighted by atomic mass is 10.1. The molecule has 1 saturated carbocycles. The zero-order chi connectivity index (χ0) is 13.5. The van der Waals surface area contributed by atoms with Gasteiger partial charge in [0.25, 0.3) is 0 Å². The summed E-state index contributed by atoms with van der Waals surface area (Å²) in [6.45, 7) is 0. The number of halogens is 3. The molecule has 100 valence electrons. The quantitative estimate of drug-likeness (QED) is 0.872. The van der Waals surface area contributed by atoms with Gasteiger partial charge in [0.2, 0.25) is 0 Å². The Labute approximate surface area is 108 Å². The molecule has 1 heterocycles. The zero-order valence-electron chi connectivity index (χ0n) is 10.00. The average molecular weight is 267 g/mol. The molecule has 0 spiro atoms. The second-order valence-corrected chi connectivity index (χ2v) is 4.66. The van der Waals surface area contributed by atoms with Crippen molar-refractivity contribution >= 4 is 0 Å². The highest BCUT2D eigenvalue weighted by atomic mass is 19.4. The Kier molecular flexibility index (Phi) is 2.77. The van der Waals surface area contributed by atoms with Crippen molar-refractivity contribution in [3.63, 3.8) is 0 Å². The first-order chi connectivity index (χ1) is 9.03. The van der Waals surface area contributed by atoms with Crippen LogP contribution in [0.15, 0.2) is 36.5 Å². The van der Waals surface area contributed by atoms with Crippen LogP contribution in [0.4, 0.5) is 13.2 Å². The monoisotopic (exact) mass is 267 g/mol. The summed E-state index contributed by atoms with van der Waals surface area (Å²) in [5.41, 5.74) is 2.25. The number of hydrogen-bond acceptors (Lipinski definition) is 1. The Balaban J connectivity index is 1.94. The van der Waals surface area contributed by atoms with Gasteiger partial charge in [-0.2, -0.15) is 0 Å². The predicted octanol–water partition coefficient (Wildman–Crippen LogP) is 4.46. The Morgan fingerprint density at radius 3 is 2.58 bits per heavy atom. The number of H-pyrrole nitrogens is 1. The van der Waals surface area contributed by atoms with E-state index < -0.39 is 6.36 Å². The molecule has 1 aliphatic rings. The maximum absolute atomic E-state index is 12.4. The first-order valence-electron chi connectivity index (χ1n) is 6.06. The van der Waals surface area contributed by atoms with E-state index in [1.54, 1.807) is 18.3 Å². The van der Waals surface area contributed by atoms with E-state index in [1.807, 2.05) is 6.07 Å². The van der Waals surface area contributed by atoms with Crippen molar-refractivity contribution in [1.82, 2.24) is 4.98 Å². The van der Waals surface area contributed by atoms with Crippen LogP contribution in [0.3, 0.4) is 0 Å².